The van der Waals surface area contributed by atoms with Gasteiger partial charge in [0.2, 0.25) is 0 Å². The molecule has 1 aliphatic heterocycles. The molecule has 0 spiro atoms. The van der Waals surface area contributed by atoms with Crippen molar-refractivity contribution < 1.29 is 13.2 Å². The van der Waals surface area contributed by atoms with Crippen LogP contribution < -0.4 is 10.2 Å². The van der Waals surface area contributed by atoms with Crippen LogP contribution in [0, 0.1) is 6.92 Å². The van der Waals surface area contributed by atoms with Crippen LogP contribution in [0.5, 0.6) is 0 Å². The van der Waals surface area contributed by atoms with Crippen LogP contribution in [0.25, 0.3) is 0 Å². The summed E-state index contributed by atoms with van der Waals surface area (Å²) in [5.41, 5.74) is 1.05. The van der Waals surface area contributed by atoms with E-state index in [9.17, 15) is 13.2 Å². The van der Waals surface area contributed by atoms with E-state index in [2.05, 4.69) is 10.2 Å². The van der Waals surface area contributed by atoms with Gasteiger partial charge < -0.3 is 10.2 Å². The second-order valence-corrected chi connectivity index (χ2v) is 5.05. The van der Waals surface area contributed by atoms with Crippen molar-refractivity contribution in [3.8, 4) is 0 Å². The lowest BCUT2D eigenvalue weighted by Gasteiger charge is -2.34. The van der Waals surface area contributed by atoms with Gasteiger partial charge in [-0.1, -0.05) is 6.07 Å². The normalized spacial score (nSPS) is 17.8. The van der Waals surface area contributed by atoms with Crippen LogP contribution in [0.3, 0.4) is 0 Å². The summed E-state index contributed by atoms with van der Waals surface area (Å²) in [5.74, 6) is 0. The van der Waals surface area contributed by atoms with E-state index < -0.39 is 11.7 Å². The molecule has 1 saturated heterocycles. The lowest BCUT2D eigenvalue weighted by atomic mass is 10.0. The van der Waals surface area contributed by atoms with E-state index in [1.807, 2.05) is 14.0 Å². The number of halogens is 3. The minimum absolute atomic E-state index is 0.474. The molecule has 1 fully saturated rings. The minimum atomic E-state index is -4.27. The number of aryl methyl sites for hydroxylation is 1. The van der Waals surface area contributed by atoms with Gasteiger partial charge >= 0.3 is 6.18 Å². The van der Waals surface area contributed by atoms with Crippen LogP contribution in [0.2, 0.25) is 0 Å². The monoisotopic (exact) mass is 272 g/mol. The predicted octanol–water partition coefficient (Wildman–Crippen LogP) is 3.20. The highest BCUT2D eigenvalue weighted by molar-refractivity contribution is 5.55. The SMILES string of the molecule is CNC1CCN(c2cc(C(F)(F)F)ccc2C)CC1. The second-order valence-electron chi connectivity index (χ2n) is 5.05. The van der Waals surface area contributed by atoms with E-state index in [1.165, 1.54) is 6.07 Å². The van der Waals surface area contributed by atoms with E-state index in [-0.39, 0.29) is 0 Å². The minimum Gasteiger partial charge on any atom is -0.371 e. The first-order chi connectivity index (χ1) is 8.91. The average Bonchev–Trinajstić information content (AvgIpc) is 2.38. The maximum absolute atomic E-state index is 12.8. The topological polar surface area (TPSA) is 15.3 Å². The number of nitrogens with zero attached hydrogens (tertiary/aromatic N) is 1. The Morgan fingerprint density at radius 1 is 1.21 bits per heavy atom. The molecule has 0 radical (unpaired) electrons. The number of anilines is 1. The molecule has 19 heavy (non-hydrogen) atoms. The number of hydrogen-bond acceptors (Lipinski definition) is 2. The Hall–Kier alpha value is -1.23. The van der Waals surface area contributed by atoms with Crippen LogP contribution in [0.4, 0.5) is 18.9 Å². The Bertz CT molecular complexity index is 435. The van der Waals surface area contributed by atoms with Gasteiger partial charge in [0.15, 0.2) is 0 Å². The summed E-state index contributed by atoms with van der Waals surface area (Å²) in [6.45, 7) is 3.46. The molecule has 0 saturated carbocycles. The molecule has 0 aromatic heterocycles. The standard InChI is InChI=1S/C14H19F3N2/c1-10-3-4-11(14(15,16)17)9-13(10)19-7-5-12(18-2)6-8-19/h3-4,9,12,18H,5-8H2,1-2H3. The predicted molar refractivity (Wildman–Crippen MR) is 70.5 cm³/mol. The van der Waals surface area contributed by atoms with E-state index in [0.29, 0.717) is 11.7 Å². The molecule has 5 heteroatoms. The summed E-state index contributed by atoms with van der Waals surface area (Å²) in [6, 6.07) is 4.46. The maximum atomic E-state index is 12.8. The Morgan fingerprint density at radius 3 is 2.37 bits per heavy atom. The first-order valence-corrected chi connectivity index (χ1v) is 6.52. The van der Waals surface area contributed by atoms with Crippen molar-refractivity contribution in [2.75, 3.05) is 25.0 Å². The summed E-state index contributed by atoms with van der Waals surface area (Å²) in [4.78, 5) is 2.05. The van der Waals surface area contributed by atoms with Gasteiger partial charge in [0, 0.05) is 24.8 Å². The molecule has 106 valence electrons. The van der Waals surface area contributed by atoms with Crippen LogP contribution in [0.1, 0.15) is 24.0 Å². The van der Waals surface area contributed by atoms with Gasteiger partial charge in [-0.05, 0) is 44.5 Å². The Balaban J connectivity index is 2.20. The van der Waals surface area contributed by atoms with Gasteiger partial charge in [-0.3, -0.25) is 0 Å². The van der Waals surface area contributed by atoms with Crippen LogP contribution >= 0.6 is 0 Å². The summed E-state index contributed by atoms with van der Waals surface area (Å²) in [7, 11) is 1.93. The van der Waals surface area contributed by atoms with E-state index in [1.54, 1.807) is 6.07 Å². The number of benzene rings is 1. The molecule has 1 aromatic rings. The molecule has 1 heterocycles. The highest BCUT2D eigenvalue weighted by Gasteiger charge is 2.31. The molecule has 1 N–H and O–H groups in total. The van der Waals surface area contributed by atoms with Gasteiger partial charge in [0.05, 0.1) is 5.56 Å². The van der Waals surface area contributed by atoms with Crippen LogP contribution in [-0.2, 0) is 6.18 Å². The molecule has 2 rings (SSSR count). The highest BCUT2D eigenvalue weighted by atomic mass is 19.4. The van der Waals surface area contributed by atoms with Gasteiger partial charge in [0.25, 0.3) is 0 Å². The molecule has 0 atom stereocenters. The summed E-state index contributed by atoms with van der Waals surface area (Å²) >= 11 is 0. The van der Waals surface area contributed by atoms with Gasteiger partial charge in [-0.25, -0.2) is 0 Å². The fraction of sp³-hybridized carbons (Fsp3) is 0.571. The molecular formula is C14H19F3N2. The maximum Gasteiger partial charge on any atom is 0.416 e. The van der Waals surface area contributed by atoms with Crippen molar-refractivity contribution in [1.29, 1.82) is 0 Å². The zero-order valence-electron chi connectivity index (χ0n) is 11.2. The van der Waals surface area contributed by atoms with Gasteiger partial charge in [-0.15, -0.1) is 0 Å². The van der Waals surface area contributed by atoms with E-state index in [4.69, 9.17) is 0 Å². The Morgan fingerprint density at radius 2 is 1.84 bits per heavy atom. The zero-order valence-corrected chi connectivity index (χ0v) is 11.2. The molecule has 0 bridgehead atoms. The number of rotatable bonds is 2. The lowest BCUT2D eigenvalue weighted by molar-refractivity contribution is -0.137. The summed E-state index contributed by atoms with van der Waals surface area (Å²) in [6.07, 6.45) is -2.34. The molecule has 0 aliphatic carbocycles. The molecule has 1 aromatic carbocycles. The number of alkyl halides is 3. The van der Waals surface area contributed by atoms with Crippen molar-refractivity contribution in [2.45, 2.75) is 32.0 Å². The van der Waals surface area contributed by atoms with Crippen molar-refractivity contribution in [1.82, 2.24) is 5.32 Å². The van der Waals surface area contributed by atoms with Gasteiger partial charge in [-0.2, -0.15) is 13.2 Å². The van der Waals surface area contributed by atoms with Crippen molar-refractivity contribution >= 4 is 5.69 Å². The van der Waals surface area contributed by atoms with Crippen LogP contribution in [0.15, 0.2) is 18.2 Å². The highest BCUT2D eigenvalue weighted by Crippen LogP contribution is 2.34. The number of hydrogen-bond donors (Lipinski definition) is 1. The van der Waals surface area contributed by atoms with Crippen molar-refractivity contribution in [2.24, 2.45) is 0 Å². The first-order valence-electron chi connectivity index (χ1n) is 6.52. The molecule has 0 unspecified atom stereocenters. The average molecular weight is 272 g/mol. The number of nitrogens with one attached hydrogen (secondary N) is 1. The van der Waals surface area contributed by atoms with Crippen molar-refractivity contribution in [3.05, 3.63) is 29.3 Å². The fourth-order valence-corrected chi connectivity index (χ4v) is 2.54. The zero-order chi connectivity index (χ0) is 14.0. The third kappa shape index (κ3) is 3.21. The quantitative estimate of drug-likeness (QED) is 0.889. The van der Waals surface area contributed by atoms with Gasteiger partial charge in [0.1, 0.15) is 0 Å². The third-order valence-electron chi connectivity index (χ3n) is 3.78. The summed E-state index contributed by atoms with van der Waals surface area (Å²) in [5, 5.41) is 3.22. The molecular weight excluding hydrogens is 253 g/mol. The third-order valence-corrected chi connectivity index (χ3v) is 3.78. The Kier molecular flexibility index (Phi) is 4.04. The molecule has 0 amide bonds. The Labute approximate surface area is 111 Å². The largest absolute Gasteiger partial charge is 0.416 e. The first kappa shape index (κ1) is 14.2. The van der Waals surface area contributed by atoms with E-state index >= 15 is 0 Å². The number of piperidine rings is 1. The fourth-order valence-electron chi connectivity index (χ4n) is 2.54. The molecule has 1 aliphatic rings. The van der Waals surface area contributed by atoms with E-state index in [0.717, 1.165) is 37.6 Å². The van der Waals surface area contributed by atoms with Crippen LogP contribution in [-0.4, -0.2) is 26.2 Å². The molecule has 2 nitrogen and oxygen atoms in total. The smallest absolute Gasteiger partial charge is 0.371 e. The second kappa shape index (κ2) is 5.41. The lowest BCUT2D eigenvalue weighted by Crippen LogP contribution is -2.41. The van der Waals surface area contributed by atoms with Crippen molar-refractivity contribution in [3.63, 3.8) is 0 Å². The summed E-state index contributed by atoms with van der Waals surface area (Å²) < 4.78 is 38.3.